The van der Waals surface area contributed by atoms with Gasteiger partial charge in [0.2, 0.25) is 0 Å². The lowest BCUT2D eigenvalue weighted by molar-refractivity contribution is 0.230. The number of halogens is 1. The van der Waals surface area contributed by atoms with E-state index in [1.807, 2.05) is 0 Å². The Morgan fingerprint density at radius 2 is 2.05 bits per heavy atom. The van der Waals surface area contributed by atoms with E-state index in [1.54, 1.807) is 6.07 Å². The summed E-state index contributed by atoms with van der Waals surface area (Å²) < 4.78 is 19.1. The maximum absolute atomic E-state index is 13.3. The lowest BCUT2D eigenvalue weighted by Gasteiger charge is -2.26. The quantitative estimate of drug-likeness (QED) is 0.844. The molecule has 0 N–H and O–H groups in total. The number of fused-ring (bicyclic) bond motifs is 1. The summed E-state index contributed by atoms with van der Waals surface area (Å²) in [6.45, 7) is 3.39. The van der Waals surface area contributed by atoms with E-state index in [0.29, 0.717) is 17.0 Å². The highest BCUT2D eigenvalue weighted by molar-refractivity contribution is 5.72. The highest BCUT2D eigenvalue weighted by atomic mass is 19.1. The minimum Gasteiger partial charge on any atom is -0.440 e. The van der Waals surface area contributed by atoms with Gasteiger partial charge in [-0.25, -0.2) is 9.37 Å². The lowest BCUT2D eigenvalue weighted by atomic mass is 9.89. The molecular formula is C18H23FN2O. The fourth-order valence-electron chi connectivity index (χ4n) is 4.03. The summed E-state index contributed by atoms with van der Waals surface area (Å²) in [5, 5.41) is 0. The van der Waals surface area contributed by atoms with Gasteiger partial charge in [0.15, 0.2) is 11.5 Å². The molecule has 1 aliphatic carbocycles. The van der Waals surface area contributed by atoms with Crippen molar-refractivity contribution in [3.05, 3.63) is 29.9 Å². The molecule has 4 rings (SSSR count). The first-order valence-electron chi connectivity index (χ1n) is 8.56. The monoisotopic (exact) mass is 302 g/mol. The second-order valence-electron chi connectivity index (χ2n) is 6.91. The summed E-state index contributed by atoms with van der Waals surface area (Å²) in [7, 11) is 0. The van der Waals surface area contributed by atoms with Gasteiger partial charge in [0.25, 0.3) is 0 Å². The summed E-state index contributed by atoms with van der Waals surface area (Å²) in [4.78, 5) is 7.07. The van der Waals surface area contributed by atoms with Crippen molar-refractivity contribution in [2.24, 2.45) is 5.92 Å². The van der Waals surface area contributed by atoms with Crippen LogP contribution in [0.25, 0.3) is 11.1 Å². The Kier molecular flexibility index (Phi) is 3.87. The van der Waals surface area contributed by atoms with Crippen molar-refractivity contribution < 1.29 is 8.81 Å². The molecule has 1 aromatic heterocycles. The molecule has 1 atom stereocenters. The molecule has 2 aliphatic rings. The molecule has 0 unspecified atom stereocenters. The van der Waals surface area contributed by atoms with Gasteiger partial charge in [-0.2, -0.15) is 0 Å². The van der Waals surface area contributed by atoms with Crippen molar-refractivity contribution in [3.63, 3.8) is 0 Å². The SMILES string of the molecule is Fc1ccc2oc([C@H]3CCN(CC4CCCCC4)C3)nc2c1. The van der Waals surface area contributed by atoms with E-state index in [2.05, 4.69) is 9.88 Å². The van der Waals surface area contributed by atoms with Crippen molar-refractivity contribution >= 4 is 11.1 Å². The predicted octanol–water partition coefficient (Wildman–Crippen LogP) is 4.34. The summed E-state index contributed by atoms with van der Waals surface area (Å²) >= 11 is 0. The third-order valence-corrected chi connectivity index (χ3v) is 5.23. The molecule has 1 saturated carbocycles. The smallest absolute Gasteiger partial charge is 0.199 e. The highest BCUT2D eigenvalue weighted by Gasteiger charge is 2.29. The molecule has 4 heteroatoms. The maximum Gasteiger partial charge on any atom is 0.199 e. The second kappa shape index (κ2) is 5.99. The number of hydrogen-bond acceptors (Lipinski definition) is 3. The Morgan fingerprint density at radius 1 is 1.18 bits per heavy atom. The van der Waals surface area contributed by atoms with Gasteiger partial charge in [-0.05, 0) is 43.9 Å². The number of benzene rings is 1. The topological polar surface area (TPSA) is 29.3 Å². The van der Waals surface area contributed by atoms with Crippen LogP contribution in [0, 0.1) is 11.7 Å². The molecule has 1 aliphatic heterocycles. The van der Waals surface area contributed by atoms with Crippen molar-refractivity contribution in [1.29, 1.82) is 0 Å². The third-order valence-electron chi connectivity index (χ3n) is 5.23. The van der Waals surface area contributed by atoms with E-state index >= 15 is 0 Å². The molecule has 1 saturated heterocycles. The van der Waals surface area contributed by atoms with Crippen LogP contribution in [0.3, 0.4) is 0 Å². The Morgan fingerprint density at radius 3 is 2.91 bits per heavy atom. The molecule has 3 nitrogen and oxygen atoms in total. The Bertz CT molecular complexity index is 648. The molecule has 2 aromatic rings. The number of aromatic nitrogens is 1. The molecule has 0 spiro atoms. The van der Waals surface area contributed by atoms with Gasteiger partial charge in [-0.3, -0.25) is 0 Å². The number of likely N-dealkylation sites (tertiary alicyclic amines) is 1. The first-order chi connectivity index (χ1) is 10.8. The van der Waals surface area contributed by atoms with E-state index in [4.69, 9.17) is 4.42 Å². The molecule has 0 bridgehead atoms. The van der Waals surface area contributed by atoms with E-state index in [-0.39, 0.29) is 5.82 Å². The molecule has 0 amide bonds. The summed E-state index contributed by atoms with van der Waals surface area (Å²) in [6.07, 6.45) is 8.10. The summed E-state index contributed by atoms with van der Waals surface area (Å²) in [5.41, 5.74) is 1.34. The van der Waals surface area contributed by atoms with Crippen molar-refractivity contribution in [2.45, 2.75) is 44.4 Å². The lowest BCUT2D eigenvalue weighted by Crippen LogP contribution is -2.28. The van der Waals surface area contributed by atoms with Gasteiger partial charge in [-0.1, -0.05) is 19.3 Å². The Balaban J connectivity index is 1.42. The minimum atomic E-state index is -0.252. The van der Waals surface area contributed by atoms with Crippen LogP contribution in [0.1, 0.15) is 50.3 Å². The fourth-order valence-corrected chi connectivity index (χ4v) is 4.03. The number of nitrogens with zero attached hydrogens (tertiary/aromatic N) is 2. The van der Waals surface area contributed by atoms with Gasteiger partial charge < -0.3 is 9.32 Å². The van der Waals surface area contributed by atoms with Crippen LogP contribution < -0.4 is 0 Å². The first kappa shape index (κ1) is 14.2. The van der Waals surface area contributed by atoms with Crippen LogP contribution in [0.15, 0.2) is 22.6 Å². The van der Waals surface area contributed by atoms with Gasteiger partial charge in [0.1, 0.15) is 11.3 Å². The highest BCUT2D eigenvalue weighted by Crippen LogP contribution is 2.31. The zero-order valence-corrected chi connectivity index (χ0v) is 12.9. The van der Waals surface area contributed by atoms with E-state index < -0.39 is 0 Å². The van der Waals surface area contributed by atoms with Gasteiger partial charge >= 0.3 is 0 Å². The molecule has 2 fully saturated rings. The Labute approximate surface area is 130 Å². The first-order valence-corrected chi connectivity index (χ1v) is 8.56. The predicted molar refractivity (Wildman–Crippen MR) is 84.3 cm³/mol. The van der Waals surface area contributed by atoms with Gasteiger partial charge in [0.05, 0.1) is 0 Å². The van der Waals surface area contributed by atoms with Crippen molar-refractivity contribution in [3.8, 4) is 0 Å². The maximum atomic E-state index is 13.3. The summed E-state index contributed by atoms with van der Waals surface area (Å²) in [6, 6.07) is 4.56. The number of oxazole rings is 1. The zero-order valence-electron chi connectivity index (χ0n) is 12.9. The summed E-state index contributed by atoms with van der Waals surface area (Å²) in [5.74, 6) is 1.77. The molecule has 1 aromatic carbocycles. The fraction of sp³-hybridized carbons (Fsp3) is 0.611. The van der Waals surface area contributed by atoms with Crippen LogP contribution in [0.2, 0.25) is 0 Å². The molecular weight excluding hydrogens is 279 g/mol. The van der Waals surface area contributed by atoms with E-state index in [0.717, 1.165) is 31.3 Å². The Hall–Kier alpha value is -1.42. The average Bonchev–Trinajstić information content (AvgIpc) is 3.14. The number of rotatable bonds is 3. The third kappa shape index (κ3) is 2.89. The van der Waals surface area contributed by atoms with Gasteiger partial charge in [0, 0.05) is 25.1 Å². The van der Waals surface area contributed by atoms with Crippen molar-refractivity contribution in [2.75, 3.05) is 19.6 Å². The molecule has 22 heavy (non-hydrogen) atoms. The van der Waals surface area contributed by atoms with E-state index in [1.165, 1.54) is 50.8 Å². The number of hydrogen-bond donors (Lipinski definition) is 0. The largest absolute Gasteiger partial charge is 0.440 e. The van der Waals surface area contributed by atoms with Crippen LogP contribution in [-0.2, 0) is 0 Å². The average molecular weight is 302 g/mol. The van der Waals surface area contributed by atoms with Crippen molar-refractivity contribution in [1.82, 2.24) is 9.88 Å². The van der Waals surface area contributed by atoms with Crippen LogP contribution >= 0.6 is 0 Å². The van der Waals surface area contributed by atoms with Crippen LogP contribution in [-0.4, -0.2) is 29.5 Å². The second-order valence-corrected chi connectivity index (χ2v) is 6.91. The minimum absolute atomic E-state index is 0.252. The zero-order chi connectivity index (χ0) is 14.9. The molecule has 118 valence electrons. The van der Waals surface area contributed by atoms with Crippen LogP contribution in [0.5, 0.6) is 0 Å². The van der Waals surface area contributed by atoms with E-state index in [9.17, 15) is 4.39 Å². The van der Waals surface area contributed by atoms with Crippen LogP contribution in [0.4, 0.5) is 4.39 Å². The standard InChI is InChI=1S/C18H23FN2O/c19-15-6-7-17-16(10-15)20-18(22-17)14-8-9-21(12-14)11-13-4-2-1-3-5-13/h6-7,10,13-14H,1-5,8-9,11-12H2/t14-/m0/s1. The van der Waals surface area contributed by atoms with Gasteiger partial charge in [-0.15, -0.1) is 0 Å². The molecule has 0 radical (unpaired) electrons. The normalized spacial score (nSPS) is 24.3. The molecule has 2 heterocycles.